The summed E-state index contributed by atoms with van der Waals surface area (Å²) in [6.07, 6.45) is 10.3. The standard InChI is InChI=1S/C26H29N7/c1-2-33-18-23(26(31-33)20-4-3-12-28-17-20)24-9-13-29-25(30-24)16-19-5-7-22(8-6-19)32-14-10-21(27)11-15-32/h3-9,12-13,17-18,21H,2,10-11,14-16,27H2,1H3. The number of rotatable bonds is 6. The Morgan fingerprint density at radius 2 is 1.85 bits per heavy atom. The van der Waals surface area contributed by atoms with Crippen LogP contribution in [0.1, 0.15) is 31.2 Å². The van der Waals surface area contributed by atoms with Crippen molar-refractivity contribution in [3.8, 4) is 22.5 Å². The van der Waals surface area contributed by atoms with Crippen molar-refractivity contribution >= 4 is 5.69 Å². The van der Waals surface area contributed by atoms with Crippen molar-refractivity contribution in [1.82, 2.24) is 24.7 Å². The second-order valence-electron chi connectivity index (χ2n) is 8.51. The van der Waals surface area contributed by atoms with E-state index in [2.05, 4.69) is 46.1 Å². The van der Waals surface area contributed by atoms with E-state index in [0.717, 1.165) is 60.8 Å². The Morgan fingerprint density at radius 1 is 1.03 bits per heavy atom. The van der Waals surface area contributed by atoms with Gasteiger partial charge in [0.1, 0.15) is 11.5 Å². The Kier molecular flexibility index (Phi) is 6.13. The lowest BCUT2D eigenvalue weighted by Crippen LogP contribution is -2.39. The summed E-state index contributed by atoms with van der Waals surface area (Å²) < 4.78 is 1.94. The molecule has 4 heterocycles. The van der Waals surface area contributed by atoms with E-state index in [1.54, 1.807) is 6.20 Å². The minimum atomic E-state index is 0.341. The van der Waals surface area contributed by atoms with Gasteiger partial charge in [-0.15, -0.1) is 0 Å². The topological polar surface area (TPSA) is 85.8 Å². The minimum Gasteiger partial charge on any atom is -0.371 e. The summed E-state index contributed by atoms with van der Waals surface area (Å²) in [6, 6.07) is 15.0. The molecule has 0 spiro atoms. The van der Waals surface area contributed by atoms with Gasteiger partial charge in [-0.3, -0.25) is 9.67 Å². The number of aromatic nitrogens is 5. The van der Waals surface area contributed by atoms with Crippen molar-refractivity contribution in [3.05, 3.63) is 78.6 Å². The van der Waals surface area contributed by atoms with Gasteiger partial charge in [0.15, 0.2) is 0 Å². The average molecular weight is 440 g/mol. The first-order chi connectivity index (χ1) is 16.2. The normalized spacial score (nSPS) is 14.5. The molecule has 0 saturated carbocycles. The second kappa shape index (κ2) is 9.50. The fourth-order valence-corrected chi connectivity index (χ4v) is 4.29. The summed E-state index contributed by atoms with van der Waals surface area (Å²) in [5, 5.41) is 4.75. The average Bonchev–Trinajstić information content (AvgIpc) is 3.31. The van der Waals surface area contributed by atoms with E-state index in [4.69, 9.17) is 15.8 Å². The number of piperidine rings is 1. The van der Waals surface area contributed by atoms with Crippen molar-refractivity contribution in [2.24, 2.45) is 5.73 Å². The molecule has 168 valence electrons. The van der Waals surface area contributed by atoms with Crippen LogP contribution in [0.2, 0.25) is 0 Å². The van der Waals surface area contributed by atoms with Gasteiger partial charge in [-0.2, -0.15) is 5.10 Å². The lowest BCUT2D eigenvalue weighted by molar-refractivity contribution is 0.501. The van der Waals surface area contributed by atoms with Crippen molar-refractivity contribution in [3.63, 3.8) is 0 Å². The molecular weight excluding hydrogens is 410 g/mol. The third-order valence-corrected chi connectivity index (χ3v) is 6.21. The van der Waals surface area contributed by atoms with Crippen LogP contribution in [0.25, 0.3) is 22.5 Å². The van der Waals surface area contributed by atoms with Crippen LogP contribution in [0.15, 0.2) is 67.3 Å². The number of nitrogens with two attached hydrogens (primary N) is 1. The summed E-state index contributed by atoms with van der Waals surface area (Å²) >= 11 is 0. The molecule has 7 nitrogen and oxygen atoms in total. The largest absolute Gasteiger partial charge is 0.371 e. The predicted molar refractivity (Wildman–Crippen MR) is 131 cm³/mol. The third-order valence-electron chi connectivity index (χ3n) is 6.21. The number of benzene rings is 1. The van der Waals surface area contributed by atoms with Gasteiger partial charge in [0, 0.05) is 73.7 Å². The molecule has 0 radical (unpaired) electrons. The van der Waals surface area contributed by atoms with E-state index in [1.165, 1.54) is 11.3 Å². The van der Waals surface area contributed by atoms with E-state index in [1.807, 2.05) is 41.5 Å². The summed E-state index contributed by atoms with van der Waals surface area (Å²) in [4.78, 5) is 16.1. The Bertz CT molecular complexity index is 1190. The van der Waals surface area contributed by atoms with Gasteiger partial charge in [-0.25, -0.2) is 9.97 Å². The molecule has 4 aromatic rings. The SMILES string of the molecule is CCn1cc(-c2ccnc(Cc3ccc(N4CCC(N)CC4)cc3)n2)c(-c2cccnc2)n1. The molecule has 3 aromatic heterocycles. The highest BCUT2D eigenvalue weighted by atomic mass is 15.3. The minimum absolute atomic E-state index is 0.341. The maximum atomic E-state index is 6.04. The number of hydrogen-bond donors (Lipinski definition) is 1. The van der Waals surface area contributed by atoms with Gasteiger partial charge in [-0.05, 0) is 55.7 Å². The number of anilines is 1. The number of pyridine rings is 1. The number of hydrogen-bond acceptors (Lipinski definition) is 6. The van der Waals surface area contributed by atoms with E-state index >= 15 is 0 Å². The molecule has 0 unspecified atom stereocenters. The molecule has 1 aromatic carbocycles. The number of aryl methyl sites for hydroxylation is 1. The molecule has 1 aliphatic rings. The third kappa shape index (κ3) is 4.78. The Balaban J connectivity index is 1.37. The van der Waals surface area contributed by atoms with E-state index in [9.17, 15) is 0 Å². The van der Waals surface area contributed by atoms with Crippen LogP contribution in [0, 0.1) is 0 Å². The second-order valence-corrected chi connectivity index (χ2v) is 8.51. The molecule has 33 heavy (non-hydrogen) atoms. The van der Waals surface area contributed by atoms with E-state index in [0.29, 0.717) is 12.5 Å². The molecule has 7 heteroatoms. The van der Waals surface area contributed by atoms with E-state index < -0.39 is 0 Å². The van der Waals surface area contributed by atoms with Gasteiger partial charge in [0.05, 0.1) is 5.69 Å². The summed E-state index contributed by atoms with van der Waals surface area (Å²) in [5.41, 5.74) is 12.2. The molecule has 1 aliphatic heterocycles. The lowest BCUT2D eigenvalue weighted by atomic mass is 10.0. The molecule has 0 aliphatic carbocycles. The van der Waals surface area contributed by atoms with Gasteiger partial charge in [-0.1, -0.05) is 12.1 Å². The molecule has 1 fully saturated rings. The first kappa shape index (κ1) is 21.3. The molecule has 0 amide bonds. The van der Waals surface area contributed by atoms with Crippen LogP contribution in [-0.4, -0.2) is 43.9 Å². The van der Waals surface area contributed by atoms with Crippen LogP contribution in [0.3, 0.4) is 0 Å². The monoisotopic (exact) mass is 439 g/mol. The zero-order chi connectivity index (χ0) is 22.6. The summed E-state index contributed by atoms with van der Waals surface area (Å²) in [7, 11) is 0. The van der Waals surface area contributed by atoms with Gasteiger partial charge in [0.25, 0.3) is 0 Å². The maximum Gasteiger partial charge on any atom is 0.133 e. The Hall–Kier alpha value is -3.58. The fraction of sp³-hybridized carbons (Fsp3) is 0.308. The first-order valence-electron chi connectivity index (χ1n) is 11.6. The molecule has 5 rings (SSSR count). The van der Waals surface area contributed by atoms with Crippen LogP contribution >= 0.6 is 0 Å². The quantitative estimate of drug-likeness (QED) is 0.490. The predicted octanol–water partition coefficient (Wildman–Crippen LogP) is 3.94. The Morgan fingerprint density at radius 3 is 2.58 bits per heavy atom. The van der Waals surface area contributed by atoms with Crippen molar-refractivity contribution in [1.29, 1.82) is 0 Å². The lowest BCUT2D eigenvalue weighted by Gasteiger charge is -2.32. The molecule has 1 saturated heterocycles. The van der Waals surface area contributed by atoms with Crippen LogP contribution < -0.4 is 10.6 Å². The molecule has 2 N–H and O–H groups in total. The molecular formula is C26H29N7. The maximum absolute atomic E-state index is 6.04. The fourth-order valence-electron chi connectivity index (χ4n) is 4.29. The highest BCUT2D eigenvalue weighted by molar-refractivity contribution is 5.78. The van der Waals surface area contributed by atoms with Gasteiger partial charge in [0.2, 0.25) is 0 Å². The Labute approximate surface area is 194 Å². The van der Waals surface area contributed by atoms with Crippen LogP contribution in [0.5, 0.6) is 0 Å². The van der Waals surface area contributed by atoms with Gasteiger partial charge < -0.3 is 10.6 Å². The molecule has 0 atom stereocenters. The first-order valence-corrected chi connectivity index (χ1v) is 11.6. The summed E-state index contributed by atoms with van der Waals surface area (Å²) in [5.74, 6) is 0.797. The summed E-state index contributed by atoms with van der Waals surface area (Å²) in [6.45, 7) is 4.92. The van der Waals surface area contributed by atoms with Crippen LogP contribution in [-0.2, 0) is 13.0 Å². The van der Waals surface area contributed by atoms with Gasteiger partial charge >= 0.3 is 0 Å². The van der Waals surface area contributed by atoms with Crippen molar-refractivity contribution in [2.45, 2.75) is 38.8 Å². The number of nitrogens with zero attached hydrogens (tertiary/aromatic N) is 6. The zero-order valence-electron chi connectivity index (χ0n) is 18.9. The molecule has 0 bridgehead atoms. The van der Waals surface area contributed by atoms with Crippen molar-refractivity contribution in [2.75, 3.05) is 18.0 Å². The highest BCUT2D eigenvalue weighted by Crippen LogP contribution is 2.29. The highest BCUT2D eigenvalue weighted by Gasteiger charge is 2.17. The van der Waals surface area contributed by atoms with Crippen LogP contribution in [0.4, 0.5) is 5.69 Å². The van der Waals surface area contributed by atoms with Crippen molar-refractivity contribution < 1.29 is 0 Å². The smallest absolute Gasteiger partial charge is 0.133 e. The zero-order valence-corrected chi connectivity index (χ0v) is 18.9. The van der Waals surface area contributed by atoms with E-state index in [-0.39, 0.29) is 0 Å².